The molecule has 4 aromatic rings. The molecule has 1 aromatic heterocycles. The third-order valence-electron chi connectivity index (χ3n) is 12.3. The number of ether oxygens (including phenoxy) is 6. The Morgan fingerprint density at radius 2 is 1.50 bits per heavy atom. The molecule has 5 heterocycles. The largest absolute Gasteiger partial charge is 0.504 e. The second-order valence-electron chi connectivity index (χ2n) is 15.0. The standard InChI is InChI=1S/C42H48N4O10/c1-20-38(50-4)25-17-28-35-34-26(39(51-5)21(2)41(53-7)37(34)48)16-27(45(35)3)29(18-43)46(28)30(33(25)36(47)40(20)52-6)19-44-42(49)32-15-22-14-24(8-9-31(22)56-32)55-23-10-12-54-13-11-23/h8-9,14-15,23,27-30,35,47-48H,10-13,16-17,19H2,1-7H3,(H,44,49)/t27?,28?,29-,30?,35-/m0/s1. The van der Waals surface area contributed by atoms with E-state index in [0.717, 1.165) is 29.4 Å². The van der Waals surface area contributed by atoms with Crippen molar-refractivity contribution in [1.82, 2.24) is 15.1 Å². The molecule has 3 N–H and O–H groups in total. The number of amides is 1. The number of rotatable bonds is 9. The van der Waals surface area contributed by atoms with Crippen molar-refractivity contribution in [2.24, 2.45) is 0 Å². The van der Waals surface area contributed by atoms with Crippen LogP contribution in [-0.4, -0.2) is 105 Å². The number of carbonyl (C=O) groups is 1. The van der Waals surface area contributed by atoms with E-state index in [9.17, 15) is 20.3 Å². The number of nitriles is 1. The van der Waals surface area contributed by atoms with Crippen LogP contribution in [0.4, 0.5) is 0 Å². The van der Waals surface area contributed by atoms with Crippen LogP contribution < -0.4 is 29.0 Å². The summed E-state index contributed by atoms with van der Waals surface area (Å²) in [5, 5.41) is 38.7. The molecule has 0 spiro atoms. The van der Waals surface area contributed by atoms with Crippen LogP contribution in [0.2, 0.25) is 0 Å². The van der Waals surface area contributed by atoms with Gasteiger partial charge in [0.15, 0.2) is 28.8 Å². The smallest absolute Gasteiger partial charge is 0.287 e. The summed E-state index contributed by atoms with van der Waals surface area (Å²) < 4.78 is 41.1. The molecule has 14 heteroatoms. The SMILES string of the molecule is COc1c(C)c(OC)c2c(c1O)C(CNC(=O)c1cc3cc(OC4CCOCC4)ccc3o1)N1C(C2)[C@H]2c3c(O)c(OC)c(C)c(OC)c3CC([C@@H]1C#N)N2C. The van der Waals surface area contributed by atoms with E-state index in [1.54, 1.807) is 26.4 Å². The number of methoxy groups -OCH3 is 4. The second kappa shape index (κ2) is 14.6. The van der Waals surface area contributed by atoms with Crippen molar-refractivity contribution in [1.29, 1.82) is 5.26 Å². The Morgan fingerprint density at radius 3 is 2.12 bits per heavy atom. The number of hydrogen-bond acceptors (Lipinski definition) is 13. The number of nitrogens with zero attached hydrogens (tertiary/aromatic N) is 3. The van der Waals surface area contributed by atoms with Crippen molar-refractivity contribution in [3.05, 3.63) is 63.4 Å². The lowest BCUT2D eigenvalue weighted by atomic mass is 9.71. The first-order valence-electron chi connectivity index (χ1n) is 18.9. The van der Waals surface area contributed by atoms with Gasteiger partial charge in [-0.05, 0) is 58.0 Å². The molecular weight excluding hydrogens is 720 g/mol. The van der Waals surface area contributed by atoms with Crippen LogP contribution in [0, 0.1) is 25.2 Å². The number of phenols is 2. The lowest BCUT2D eigenvalue weighted by Gasteiger charge is -2.60. The van der Waals surface area contributed by atoms with Crippen LogP contribution in [0.5, 0.6) is 40.2 Å². The number of likely N-dealkylation sites (N-methyl/N-ethyl adjacent to an activating group) is 1. The molecule has 5 atom stereocenters. The van der Waals surface area contributed by atoms with E-state index in [1.807, 2.05) is 33.0 Å². The second-order valence-corrected chi connectivity index (χ2v) is 15.0. The van der Waals surface area contributed by atoms with Crippen molar-refractivity contribution >= 4 is 16.9 Å². The maximum Gasteiger partial charge on any atom is 0.287 e. The van der Waals surface area contributed by atoms with E-state index in [-0.39, 0.29) is 41.7 Å². The Labute approximate surface area is 325 Å². The number of hydrogen-bond donors (Lipinski definition) is 3. The van der Waals surface area contributed by atoms with E-state index in [0.29, 0.717) is 76.9 Å². The van der Waals surface area contributed by atoms with Gasteiger partial charge in [-0.15, -0.1) is 0 Å². The van der Waals surface area contributed by atoms with Crippen molar-refractivity contribution < 1.29 is 47.8 Å². The number of furan rings is 1. The average Bonchev–Trinajstić information content (AvgIpc) is 3.62. The summed E-state index contributed by atoms with van der Waals surface area (Å²) in [5.74, 6) is 2.02. The monoisotopic (exact) mass is 768 g/mol. The quantitative estimate of drug-likeness (QED) is 0.202. The van der Waals surface area contributed by atoms with Crippen molar-refractivity contribution in [2.45, 2.75) is 75.8 Å². The zero-order valence-electron chi connectivity index (χ0n) is 32.7. The summed E-state index contributed by atoms with van der Waals surface area (Å²) in [7, 11) is 8.15. The van der Waals surface area contributed by atoms with Crippen LogP contribution in [0.15, 0.2) is 28.7 Å². The highest BCUT2D eigenvalue weighted by atomic mass is 16.5. The summed E-state index contributed by atoms with van der Waals surface area (Å²) >= 11 is 0. The molecule has 2 fully saturated rings. The molecule has 2 saturated heterocycles. The molecule has 56 heavy (non-hydrogen) atoms. The Balaban J connectivity index is 1.21. The van der Waals surface area contributed by atoms with Crippen LogP contribution >= 0.6 is 0 Å². The molecule has 4 aliphatic rings. The average molecular weight is 769 g/mol. The fraction of sp³-hybridized carbons (Fsp3) is 0.476. The van der Waals surface area contributed by atoms with Gasteiger partial charge in [0.1, 0.15) is 35.0 Å². The van der Waals surface area contributed by atoms with Gasteiger partial charge in [0.25, 0.3) is 5.91 Å². The van der Waals surface area contributed by atoms with Gasteiger partial charge in [-0.2, -0.15) is 5.26 Å². The summed E-state index contributed by atoms with van der Waals surface area (Å²) in [5.41, 5.74) is 4.57. The molecule has 0 aliphatic carbocycles. The molecule has 4 aliphatic heterocycles. The summed E-state index contributed by atoms with van der Waals surface area (Å²) in [6, 6.07) is 7.15. The number of phenolic OH excluding ortho intramolecular Hbond substituents is 2. The van der Waals surface area contributed by atoms with Crippen LogP contribution in [0.25, 0.3) is 11.0 Å². The van der Waals surface area contributed by atoms with Gasteiger partial charge in [-0.3, -0.25) is 14.6 Å². The lowest BCUT2D eigenvalue weighted by Crippen LogP contribution is -2.68. The van der Waals surface area contributed by atoms with Crippen molar-refractivity contribution in [2.75, 3.05) is 55.2 Å². The highest BCUT2D eigenvalue weighted by Crippen LogP contribution is 2.58. The van der Waals surface area contributed by atoms with Crippen molar-refractivity contribution in [3.8, 4) is 46.3 Å². The third-order valence-corrected chi connectivity index (χ3v) is 12.3. The van der Waals surface area contributed by atoms with E-state index in [1.165, 1.54) is 14.2 Å². The van der Waals surface area contributed by atoms with Gasteiger partial charge in [0, 0.05) is 70.2 Å². The minimum atomic E-state index is -0.721. The zero-order valence-corrected chi connectivity index (χ0v) is 32.7. The zero-order chi connectivity index (χ0) is 39.6. The Kier molecular flexibility index (Phi) is 9.80. The molecule has 0 saturated carbocycles. The molecule has 3 unspecified atom stereocenters. The van der Waals surface area contributed by atoms with Gasteiger partial charge in [-0.25, -0.2) is 0 Å². The first kappa shape index (κ1) is 37.6. The normalized spacial score (nSPS) is 23.4. The van der Waals surface area contributed by atoms with Crippen LogP contribution in [0.3, 0.4) is 0 Å². The maximum atomic E-state index is 14.0. The fourth-order valence-electron chi connectivity index (χ4n) is 9.88. The minimum absolute atomic E-state index is 0.00112. The van der Waals surface area contributed by atoms with Gasteiger partial charge >= 0.3 is 0 Å². The minimum Gasteiger partial charge on any atom is -0.504 e. The predicted octanol–water partition coefficient (Wildman–Crippen LogP) is 5.25. The molecule has 296 valence electrons. The Hall–Kier alpha value is -5.36. The summed E-state index contributed by atoms with van der Waals surface area (Å²) in [6.07, 6.45) is 2.44. The lowest BCUT2D eigenvalue weighted by molar-refractivity contribution is -0.0725. The van der Waals surface area contributed by atoms with Gasteiger partial charge < -0.3 is 48.4 Å². The molecular formula is C42H48N4O10. The number of fused-ring (bicyclic) bond motifs is 8. The molecule has 3 aromatic carbocycles. The van der Waals surface area contributed by atoms with Gasteiger partial charge in [0.05, 0.1) is 59.8 Å². The Morgan fingerprint density at radius 1 is 0.893 bits per heavy atom. The fourth-order valence-corrected chi connectivity index (χ4v) is 9.88. The summed E-state index contributed by atoms with van der Waals surface area (Å²) in [4.78, 5) is 18.2. The number of nitrogens with one attached hydrogen (secondary N) is 1. The van der Waals surface area contributed by atoms with E-state index < -0.39 is 30.1 Å². The number of aromatic hydroxyl groups is 2. The van der Waals surface area contributed by atoms with E-state index in [2.05, 4.69) is 21.2 Å². The first-order chi connectivity index (χ1) is 27.1. The van der Waals surface area contributed by atoms with Crippen LogP contribution in [0.1, 0.15) is 68.9 Å². The van der Waals surface area contributed by atoms with Crippen molar-refractivity contribution in [3.63, 3.8) is 0 Å². The van der Waals surface area contributed by atoms with Crippen LogP contribution in [-0.2, 0) is 17.6 Å². The first-order valence-corrected chi connectivity index (χ1v) is 18.9. The highest BCUT2D eigenvalue weighted by molar-refractivity contribution is 5.96. The third kappa shape index (κ3) is 5.74. The summed E-state index contributed by atoms with van der Waals surface area (Å²) in [6.45, 7) is 5.00. The molecule has 14 nitrogen and oxygen atoms in total. The molecule has 1 amide bonds. The molecule has 8 rings (SSSR count). The number of piperazine rings is 1. The Bertz CT molecular complexity index is 2240. The highest BCUT2D eigenvalue weighted by Gasteiger charge is 2.57. The molecule has 0 radical (unpaired) electrons. The van der Waals surface area contributed by atoms with Gasteiger partial charge in [-0.1, -0.05) is 0 Å². The predicted molar refractivity (Wildman–Crippen MR) is 204 cm³/mol. The van der Waals surface area contributed by atoms with E-state index >= 15 is 0 Å². The topological polar surface area (TPSA) is 168 Å². The van der Waals surface area contributed by atoms with Gasteiger partial charge in [0.2, 0.25) is 0 Å². The molecule has 2 bridgehead atoms. The number of carbonyl (C=O) groups excluding carboxylic acids is 1. The number of benzene rings is 3. The van der Waals surface area contributed by atoms with E-state index in [4.69, 9.17) is 32.8 Å². The maximum absolute atomic E-state index is 14.0.